The lowest BCUT2D eigenvalue weighted by atomic mass is 10.0. The fraction of sp³-hybridized carbons (Fsp3) is 0.357. The molecule has 1 aromatic carbocycles. The summed E-state index contributed by atoms with van der Waals surface area (Å²) in [5.74, 6) is -1.29. The number of fused-ring (bicyclic) bond motifs is 1. The molecule has 21 heavy (non-hydrogen) atoms. The summed E-state index contributed by atoms with van der Waals surface area (Å²) >= 11 is 0. The summed E-state index contributed by atoms with van der Waals surface area (Å²) in [7, 11) is 1.73. The fourth-order valence-corrected chi connectivity index (χ4v) is 2.78. The molecule has 3 N–H and O–H groups in total. The van der Waals surface area contributed by atoms with Crippen LogP contribution < -0.4 is 10.6 Å². The lowest BCUT2D eigenvalue weighted by Crippen LogP contribution is -2.53. The first kappa shape index (κ1) is 13.6. The zero-order valence-electron chi connectivity index (χ0n) is 11.4. The van der Waals surface area contributed by atoms with Crippen molar-refractivity contribution in [1.82, 2.24) is 10.2 Å². The van der Waals surface area contributed by atoms with E-state index in [2.05, 4.69) is 10.6 Å². The molecule has 1 aromatic rings. The third kappa shape index (κ3) is 2.06. The van der Waals surface area contributed by atoms with Crippen molar-refractivity contribution in [3.8, 4) is 0 Å². The number of aliphatic hydroxyl groups is 1. The van der Waals surface area contributed by atoms with Crippen LogP contribution in [0.1, 0.15) is 35.0 Å². The van der Waals surface area contributed by atoms with Gasteiger partial charge in [0.2, 0.25) is 11.8 Å². The number of nitrogens with zero attached hydrogens (tertiary/aromatic N) is 1. The number of benzene rings is 1. The minimum Gasteiger partial charge on any atom is -0.388 e. The van der Waals surface area contributed by atoms with Gasteiger partial charge in [-0.1, -0.05) is 6.07 Å². The number of amides is 3. The Kier molecular flexibility index (Phi) is 3.13. The first-order chi connectivity index (χ1) is 10.0. The highest BCUT2D eigenvalue weighted by atomic mass is 16.3. The molecule has 2 atom stereocenters. The molecule has 0 aromatic heterocycles. The maximum absolute atomic E-state index is 12.5. The van der Waals surface area contributed by atoms with Gasteiger partial charge in [-0.2, -0.15) is 0 Å². The van der Waals surface area contributed by atoms with Crippen molar-refractivity contribution in [3.63, 3.8) is 0 Å². The van der Waals surface area contributed by atoms with E-state index >= 15 is 0 Å². The van der Waals surface area contributed by atoms with Gasteiger partial charge in [0.15, 0.2) is 6.23 Å². The maximum Gasteiger partial charge on any atom is 0.257 e. The van der Waals surface area contributed by atoms with Crippen molar-refractivity contribution >= 4 is 23.4 Å². The van der Waals surface area contributed by atoms with Gasteiger partial charge in [0.1, 0.15) is 6.04 Å². The Hall–Kier alpha value is -2.41. The summed E-state index contributed by atoms with van der Waals surface area (Å²) in [4.78, 5) is 36.7. The van der Waals surface area contributed by atoms with Crippen LogP contribution in [0.2, 0.25) is 0 Å². The van der Waals surface area contributed by atoms with Gasteiger partial charge in [-0.3, -0.25) is 24.6 Å². The lowest BCUT2D eigenvalue weighted by Gasteiger charge is -2.31. The van der Waals surface area contributed by atoms with Gasteiger partial charge in [0, 0.05) is 30.3 Å². The first-order valence-corrected chi connectivity index (χ1v) is 6.69. The van der Waals surface area contributed by atoms with Gasteiger partial charge < -0.3 is 10.4 Å². The van der Waals surface area contributed by atoms with Crippen LogP contribution in [-0.4, -0.2) is 40.8 Å². The van der Waals surface area contributed by atoms with Crippen LogP contribution in [-0.2, 0) is 9.59 Å². The zero-order valence-corrected chi connectivity index (χ0v) is 11.4. The molecule has 1 saturated heterocycles. The summed E-state index contributed by atoms with van der Waals surface area (Å²) in [5.41, 5.74) is 1.60. The van der Waals surface area contributed by atoms with Crippen LogP contribution in [0.5, 0.6) is 0 Å². The van der Waals surface area contributed by atoms with E-state index in [4.69, 9.17) is 0 Å². The molecule has 0 spiro atoms. The molecule has 2 aliphatic rings. The van der Waals surface area contributed by atoms with Gasteiger partial charge in [-0.25, -0.2) is 0 Å². The molecule has 0 radical (unpaired) electrons. The number of piperidine rings is 1. The van der Waals surface area contributed by atoms with Crippen molar-refractivity contribution in [2.45, 2.75) is 25.1 Å². The molecule has 2 aliphatic heterocycles. The number of imide groups is 1. The van der Waals surface area contributed by atoms with Crippen molar-refractivity contribution in [2.75, 3.05) is 12.4 Å². The Morgan fingerprint density at radius 3 is 2.76 bits per heavy atom. The number of aliphatic hydroxyl groups excluding tert-OH is 1. The quantitative estimate of drug-likeness (QED) is 0.665. The molecule has 0 bridgehead atoms. The van der Waals surface area contributed by atoms with Crippen LogP contribution in [0.15, 0.2) is 18.2 Å². The molecule has 3 rings (SSSR count). The van der Waals surface area contributed by atoms with Crippen LogP contribution in [0.3, 0.4) is 0 Å². The van der Waals surface area contributed by atoms with E-state index in [1.54, 1.807) is 25.2 Å². The molecule has 1 fully saturated rings. The predicted octanol–water partition coefficient (Wildman–Crippen LogP) is -0.0198. The number of carbonyl (C=O) groups excluding carboxylic acids is 3. The molecule has 2 unspecified atom stereocenters. The van der Waals surface area contributed by atoms with Crippen molar-refractivity contribution < 1.29 is 19.5 Å². The second kappa shape index (κ2) is 4.85. The monoisotopic (exact) mass is 289 g/mol. The van der Waals surface area contributed by atoms with E-state index in [1.807, 2.05) is 0 Å². The summed E-state index contributed by atoms with van der Waals surface area (Å²) in [6.45, 7) is 0. The van der Waals surface area contributed by atoms with E-state index in [9.17, 15) is 19.5 Å². The number of rotatable bonds is 2. The molecular weight excluding hydrogens is 274 g/mol. The second-order valence-electron chi connectivity index (χ2n) is 5.11. The smallest absolute Gasteiger partial charge is 0.257 e. The number of hydrogen-bond donors (Lipinski definition) is 3. The number of carbonyl (C=O) groups is 3. The second-order valence-corrected chi connectivity index (χ2v) is 5.11. The highest BCUT2D eigenvalue weighted by Crippen LogP contribution is 2.36. The molecule has 0 saturated carbocycles. The van der Waals surface area contributed by atoms with Crippen molar-refractivity contribution in [3.05, 3.63) is 29.3 Å². The molecular formula is C14H15N3O4. The van der Waals surface area contributed by atoms with Crippen molar-refractivity contribution in [1.29, 1.82) is 0 Å². The van der Waals surface area contributed by atoms with E-state index in [-0.39, 0.29) is 18.7 Å². The van der Waals surface area contributed by atoms with E-state index in [0.717, 1.165) is 10.6 Å². The van der Waals surface area contributed by atoms with Gasteiger partial charge in [-0.15, -0.1) is 0 Å². The number of anilines is 1. The molecule has 2 heterocycles. The largest absolute Gasteiger partial charge is 0.388 e. The summed E-state index contributed by atoms with van der Waals surface area (Å²) in [6.07, 6.45) is -0.784. The average Bonchev–Trinajstić information content (AvgIpc) is 2.71. The third-order valence-electron chi connectivity index (χ3n) is 3.89. The van der Waals surface area contributed by atoms with Gasteiger partial charge >= 0.3 is 0 Å². The standard InChI is InChI=1S/C14H15N3O4/c1-15-7-2-3-8-9(6-7)14(21)17(13(8)20)10-4-5-11(18)16-12(10)19/h2-3,6,10,13,15,20H,4-5H2,1H3,(H,16,18,19). The first-order valence-electron chi connectivity index (χ1n) is 6.69. The van der Waals surface area contributed by atoms with Crippen LogP contribution in [0, 0.1) is 0 Å². The third-order valence-corrected chi connectivity index (χ3v) is 3.89. The fourth-order valence-electron chi connectivity index (χ4n) is 2.78. The minimum atomic E-state index is -1.16. The minimum absolute atomic E-state index is 0.158. The highest BCUT2D eigenvalue weighted by molar-refractivity contribution is 6.06. The van der Waals surface area contributed by atoms with Gasteiger partial charge in [0.05, 0.1) is 0 Å². The number of nitrogens with one attached hydrogen (secondary N) is 2. The predicted molar refractivity (Wildman–Crippen MR) is 73.3 cm³/mol. The summed E-state index contributed by atoms with van der Waals surface area (Å²) in [6, 6.07) is 4.24. The van der Waals surface area contributed by atoms with E-state index in [0.29, 0.717) is 11.1 Å². The lowest BCUT2D eigenvalue weighted by molar-refractivity contribution is -0.139. The van der Waals surface area contributed by atoms with Gasteiger partial charge in [-0.05, 0) is 18.6 Å². The Morgan fingerprint density at radius 2 is 2.10 bits per heavy atom. The topological polar surface area (TPSA) is 98.7 Å². The molecule has 3 amide bonds. The molecule has 0 aliphatic carbocycles. The normalized spacial score (nSPS) is 24.9. The van der Waals surface area contributed by atoms with E-state index < -0.39 is 24.1 Å². The molecule has 110 valence electrons. The summed E-state index contributed by atoms with van der Waals surface area (Å²) < 4.78 is 0. The molecule has 7 heteroatoms. The van der Waals surface area contributed by atoms with Crippen LogP contribution in [0.25, 0.3) is 0 Å². The summed E-state index contributed by atoms with van der Waals surface area (Å²) in [5, 5.41) is 15.5. The Balaban J connectivity index is 1.94. The number of hydrogen-bond acceptors (Lipinski definition) is 5. The Bertz CT molecular complexity index is 643. The SMILES string of the molecule is CNc1ccc2c(c1)C(=O)N(C1CCC(=O)NC1=O)C2O. The van der Waals surface area contributed by atoms with E-state index in [1.165, 1.54) is 0 Å². The van der Waals surface area contributed by atoms with Crippen molar-refractivity contribution in [2.24, 2.45) is 0 Å². The van der Waals surface area contributed by atoms with Crippen LogP contribution >= 0.6 is 0 Å². The highest BCUT2D eigenvalue weighted by Gasteiger charge is 2.44. The Morgan fingerprint density at radius 1 is 1.33 bits per heavy atom. The van der Waals surface area contributed by atoms with Crippen LogP contribution in [0.4, 0.5) is 5.69 Å². The Labute approximate surface area is 120 Å². The van der Waals surface area contributed by atoms with Gasteiger partial charge in [0.25, 0.3) is 5.91 Å². The average molecular weight is 289 g/mol. The zero-order chi connectivity index (χ0) is 15.1. The maximum atomic E-state index is 12.5. The molecule has 7 nitrogen and oxygen atoms in total.